The molecular formula is C40H50N4O8S. The third-order valence-electron chi connectivity index (χ3n) is 12.8. The Hall–Kier alpha value is -4.00. The number of ether oxygens (including phenoxy) is 2. The number of nitrogens with one attached hydrogen (secondary N) is 2. The van der Waals surface area contributed by atoms with Crippen molar-refractivity contribution in [1.82, 2.24) is 19.9 Å². The molecule has 4 saturated carbocycles. The molecule has 3 heterocycles. The molecule has 1 saturated heterocycles. The fraction of sp³-hybridized carbons (Fsp3) is 0.625. The van der Waals surface area contributed by atoms with Crippen molar-refractivity contribution in [2.45, 2.75) is 125 Å². The van der Waals surface area contributed by atoms with Crippen LogP contribution in [0.2, 0.25) is 0 Å². The molecule has 7 atom stereocenters. The van der Waals surface area contributed by atoms with E-state index in [0.29, 0.717) is 18.7 Å². The summed E-state index contributed by atoms with van der Waals surface area (Å²) in [6.45, 7) is 3.89. The van der Waals surface area contributed by atoms with Crippen molar-refractivity contribution in [3.8, 4) is 5.88 Å². The SMILES string of the molecule is C=C[C@H]1C[C@]1(NC(=O)C1C[C@@H]2CN1C(=O)[C@H](C1CCCC1)CC(=O)O[C@H]1CCC[C@@H]1CCCc1ccc3ccnc(c3c1)O2)C(=O)NS(=O)(=O)C1CC1. The van der Waals surface area contributed by atoms with Crippen molar-refractivity contribution < 1.29 is 37.1 Å². The van der Waals surface area contributed by atoms with Gasteiger partial charge in [0.25, 0.3) is 5.91 Å². The summed E-state index contributed by atoms with van der Waals surface area (Å²) in [5, 5.41) is 4.08. The topological polar surface area (TPSA) is 161 Å². The molecule has 3 amide bonds. The first-order valence-electron chi connectivity index (χ1n) is 19.6. The Balaban J connectivity index is 1.12. The Morgan fingerprint density at radius 1 is 0.962 bits per heavy atom. The van der Waals surface area contributed by atoms with Crippen LogP contribution >= 0.6 is 0 Å². The van der Waals surface area contributed by atoms with Crippen LogP contribution in [0.1, 0.15) is 95.5 Å². The van der Waals surface area contributed by atoms with Gasteiger partial charge in [-0.3, -0.25) is 23.9 Å². The van der Waals surface area contributed by atoms with Crippen LogP contribution in [0.15, 0.2) is 43.1 Å². The summed E-state index contributed by atoms with van der Waals surface area (Å²) in [6, 6.07) is 7.18. The minimum Gasteiger partial charge on any atom is -0.472 e. The summed E-state index contributed by atoms with van der Waals surface area (Å²) in [4.78, 5) is 62.5. The highest BCUT2D eigenvalue weighted by molar-refractivity contribution is 7.91. The van der Waals surface area contributed by atoms with Gasteiger partial charge in [0, 0.05) is 23.9 Å². The first-order valence-corrected chi connectivity index (χ1v) is 21.1. The number of pyridine rings is 1. The molecule has 13 heteroatoms. The largest absolute Gasteiger partial charge is 0.472 e. The lowest BCUT2D eigenvalue weighted by Crippen LogP contribution is -2.57. The monoisotopic (exact) mass is 746 g/mol. The number of esters is 1. The van der Waals surface area contributed by atoms with Crippen molar-refractivity contribution in [3.63, 3.8) is 0 Å². The average molecular weight is 747 g/mol. The zero-order valence-corrected chi connectivity index (χ0v) is 31.0. The minimum atomic E-state index is -3.87. The average Bonchev–Trinajstić information content (AvgIpc) is 3.93. The summed E-state index contributed by atoms with van der Waals surface area (Å²) in [6.07, 6.45) is 12.8. The third-order valence-corrected chi connectivity index (χ3v) is 14.6. The number of hydrogen-bond acceptors (Lipinski definition) is 9. The van der Waals surface area contributed by atoms with Crippen molar-refractivity contribution in [2.24, 2.45) is 23.7 Å². The van der Waals surface area contributed by atoms with Crippen molar-refractivity contribution in [3.05, 3.63) is 48.7 Å². The predicted octanol–water partition coefficient (Wildman–Crippen LogP) is 4.50. The lowest BCUT2D eigenvalue weighted by atomic mass is 9.86. The van der Waals surface area contributed by atoms with E-state index in [2.05, 4.69) is 39.8 Å². The number of nitrogens with zero attached hydrogens (tertiary/aromatic N) is 2. The molecule has 284 valence electrons. The summed E-state index contributed by atoms with van der Waals surface area (Å²) >= 11 is 0. The van der Waals surface area contributed by atoms with E-state index in [9.17, 15) is 27.6 Å². The molecular weight excluding hydrogens is 697 g/mol. The number of rotatable bonds is 7. The van der Waals surface area contributed by atoms with Gasteiger partial charge in [0.15, 0.2) is 0 Å². The van der Waals surface area contributed by atoms with Crippen LogP contribution in [-0.2, 0) is 40.4 Å². The molecule has 53 heavy (non-hydrogen) atoms. The van der Waals surface area contributed by atoms with Crippen LogP contribution in [0.25, 0.3) is 10.8 Å². The minimum absolute atomic E-state index is 0.0276. The van der Waals surface area contributed by atoms with Crippen molar-refractivity contribution in [1.29, 1.82) is 0 Å². The highest BCUT2D eigenvalue weighted by Gasteiger charge is 2.62. The van der Waals surface area contributed by atoms with Crippen LogP contribution in [0.3, 0.4) is 0 Å². The number of carbonyl (C=O) groups is 4. The summed E-state index contributed by atoms with van der Waals surface area (Å²) in [7, 11) is -3.87. The Morgan fingerprint density at radius 3 is 2.49 bits per heavy atom. The maximum absolute atomic E-state index is 14.8. The number of carbonyl (C=O) groups excluding carboxylic acids is 4. The molecule has 0 radical (unpaired) electrons. The first kappa shape index (κ1) is 36.0. The summed E-state index contributed by atoms with van der Waals surface area (Å²) in [5.74, 6) is -2.52. The summed E-state index contributed by atoms with van der Waals surface area (Å²) < 4.78 is 40.4. The maximum Gasteiger partial charge on any atom is 0.306 e. The van der Waals surface area contributed by atoms with Gasteiger partial charge < -0.3 is 19.7 Å². The van der Waals surface area contributed by atoms with Crippen LogP contribution in [-0.4, -0.2) is 77.6 Å². The van der Waals surface area contributed by atoms with E-state index in [-0.39, 0.29) is 55.6 Å². The van der Waals surface area contributed by atoms with E-state index in [1.165, 1.54) is 4.90 Å². The molecule has 1 aromatic heterocycles. The maximum atomic E-state index is 14.8. The van der Waals surface area contributed by atoms with Gasteiger partial charge in [0.05, 0.1) is 24.1 Å². The molecule has 6 aliphatic rings. The molecule has 1 unspecified atom stereocenters. The smallest absolute Gasteiger partial charge is 0.306 e. The lowest BCUT2D eigenvalue weighted by Gasteiger charge is -2.32. The number of sulfonamides is 1. The molecule has 2 N–H and O–H groups in total. The van der Waals surface area contributed by atoms with Crippen LogP contribution in [0, 0.1) is 23.7 Å². The quantitative estimate of drug-likeness (QED) is 0.307. The van der Waals surface area contributed by atoms with E-state index in [0.717, 1.165) is 80.5 Å². The lowest BCUT2D eigenvalue weighted by molar-refractivity contribution is -0.156. The molecule has 0 spiro atoms. The fourth-order valence-electron chi connectivity index (χ4n) is 9.47. The molecule has 12 nitrogen and oxygen atoms in total. The number of fused-ring (bicyclic) bond motifs is 4. The second-order valence-electron chi connectivity index (χ2n) is 16.3. The van der Waals surface area contributed by atoms with Gasteiger partial charge in [0.1, 0.15) is 23.8 Å². The van der Waals surface area contributed by atoms with E-state index in [4.69, 9.17) is 9.47 Å². The van der Waals surface area contributed by atoms with Crippen molar-refractivity contribution in [2.75, 3.05) is 6.54 Å². The van der Waals surface area contributed by atoms with Crippen LogP contribution in [0.5, 0.6) is 5.88 Å². The van der Waals surface area contributed by atoms with E-state index in [1.807, 2.05) is 6.07 Å². The molecule has 5 fully saturated rings. The van der Waals surface area contributed by atoms with Gasteiger partial charge in [-0.25, -0.2) is 13.4 Å². The summed E-state index contributed by atoms with van der Waals surface area (Å²) in [5.41, 5.74) is -0.350. The Morgan fingerprint density at radius 2 is 1.74 bits per heavy atom. The molecule has 4 aliphatic carbocycles. The van der Waals surface area contributed by atoms with Gasteiger partial charge in [-0.15, -0.1) is 6.58 Å². The highest BCUT2D eigenvalue weighted by atomic mass is 32.2. The first-order chi connectivity index (χ1) is 25.5. The van der Waals surface area contributed by atoms with Gasteiger partial charge >= 0.3 is 5.97 Å². The number of amides is 3. The van der Waals surface area contributed by atoms with Crippen molar-refractivity contribution >= 4 is 44.5 Å². The van der Waals surface area contributed by atoms with E-state index < -0.39 is 56.6 Å². The Bertz CT molecular complexity index is 1910. The zero-order chi connectivity index (χ0) is 36.9. The van der Waals surface area contributed by atoms with Crippen LogP contribution in [0.4, 0.5) is 0 Å². The number of hydrogen-bond donors (Lipinski definition) is 2. The van der Waals surface area contributed by atoms with Gasteiger partial charge in [0.2, 0.25) is 27.7 Å². The number of aromatic nitrogens is 1. The molecule has 8 rings (SSSR count). The molecule has 2 aliphatic heterocycles. The van der Waals surface area contributed by atoms with Crippen LogP contribution < -0.4 is 14.8 Å². The zero-order valence-electron chi connectivity index (χ0n) is 30.2. The number of aryl methyl sites for hydroxylation is 1. The molecule has 1 aromatic carbocycles. The van der Waals surface area contributed by atoms with Gasteiger partial charge in [-0.2, -0.15) is 0 Å². The Kier molecular flexibility index (Phi) is 9.74. The Labute approximate surface area is 310 Å². The van der Waals surface area contributed by atoms with E-state index in [1.54, 1.807) is 12.3 Å². The van der Waals surface area contributed by atoms with Gasteiger partial charge in [-0.1, -0.05) is 31.1 Å². The predicted molar refractivity (Wildman–Crippen MR) is 196 cm³/mol. The fourth-order valence-corrected chi connectivity index (χ4v) is 10.8. The standard InChI is InChI=1S/C40H50N4O8S/c1-2-28-22-40(28,39(48)43-53(49,50)30-15-16-30)42-36(46)33-20-29-23-44(33)38(47)32(25-8-3-4-9-25)21-35(45)52-34-12-6-11-27(34)10-5-7-24-13-14-26-17-18-41-37(51-29)31(26)19-24/h2,13-14,17-19,25,27-30,32-34H,1,3-12,15-16,20-23H2,(H,42,46)(H,43,48)/t27-,28-,29+,32-,33?,34-,40+/m0/s1. The second kappa shape index (κ2) is 14.3. The normalized spacial score (nSPS) is 32.3. The third kappa shape index (κ3) is 7.29. The number of benzene rings is 1. The molecule has 4 bridgehead atoms. The second-order valence-corrected chi connectivity index (χ2v) is 18.3. The highest BCUT2D eigenvalue weighted by Crippen LogP contribution is 2.46. The van der Waals surface area contributed by atoms with E-state index >= 15 is 0 Å². The van der Waals surface area contributed by atoms with Gasteiger partial charge in [-0.05, 0) is 106 Å². The molecule has 2 aromatic rings.